The van der Waals surface area contributed by atoms with E-state index >= 15 is 0 Å². The molecule has 1 amide bonds. The van der Waals surface area contributed by atoms with Crippen LogP contribution in [0.25, 0.3) is 11.1 Å². The average Bonchev–Trinajstić information content (AvgIpc) is 2.77. The third kappa shape index (κ3) is 2.90. The number of nitrogens with two attached hydrogens (primary N) is 1. The van der Waals surface area contributed by atoms with Crippen LogP contribution < -0.4 is 5.73 Å². The molecule has 1 heterocycles. The number of carbonyl (C=O) groups excluding carboxylic acids is 5. The number of hydrogen-bond donors (Lipinski definition) is 3. The first-order chi connectivity index (χ1) is 16.1. The minimum absolute atomic E-state index is 0.0280. The van der Waals surface area contributed by atoms with Crippen molar-refractivity contribution in [3.8, 4) is 16.9 Å². The summed E-state index contributed by atoms with van der Waals surface area (Å²) in [7, 11) is 0. The van der Waals surface area contributed by atoms with Crippen molar-refractivity contribution in [2.24, 2.45) is 29.4 Å². The molecule has 34 heavy (non-hydrogen) atoms. The number of aliphatic hydroxyl groups is 1. The Hall–Kier alpha value is -3.43. The van der Waals surface area contributed by atoms with Crippen molar-refractivity contribution < 1.29 is 34.2 Å². The predicted octanol–water partition coefficient (Wildman–Crippen LogP) is 1.04. The molecule has 4 N–H and O–H groups in total. The van der Waals surface area contributed by atoms with Gasteiger partial charge in [-0.2, -0.15) is 0 Å². The highest BCUT2D eigenvalue weighted by atomic mass is 35.5. The summed E-state index contributed by atoms with van der Waals surface area (Å²) in [4.78, 5) is 68.0. The Bertz CT molecular complexity index is 1320. The van der Waals surface area contributed by atoms with Gasteiger partial charge in [-0.25, -0.2) is 0 Å². The zero-order valence-corrected chi connectivity index (χ0v) is 18.4. The lowest BCUT2D eigenvalue weighted by Gasteiger charge is -2.48. The molecule has 0 radical (unpaired) electrons. The largest absolute Gasteiger partial charge is 0.507 e. The van der Waals surface area contributed by atoms with E-state index in [9.17, 15) is 34.2 Å². The van der Waals surface area contributed by atoms with E-state index in [1.54, 1.807) is 12.1 Å². The van der Waals surface area contributed by atoms with Gasteiger partial charge in [0.15, 0.2) is 34.7 Å². The van der Waals surface area contributed by atoms with Gasteiger partial charge < -0.3 is 15.9 Å². The second-order valence-electron chi connectivity index (χ2n) is 9.08. The summed E-state index contributed by atoms with van der Waals surface area (Å²) < 4.78 is 0. The van der Waals surface area contributed by atoms with Gasteiger partial charge in [0.25, 0.3) is 0 Å². The van der Waals surface area contributed by atoms with Crippen LogP contribution in [-0.2, 0) is 25.6 Å². The lowest BCUT2D eigenvalue weighted by atomic mass is 9.53. The summed E-state index contributed by atoms with van der Waals surface area (Å²) in [5.41, 5.74) is 4.11. The fourth-order valence-electron chi connectivity index (χ4n) is 5.81. The Morgan fingerprint density at radius 3 is 2.50 bits per heavy atom. The molecule has 5 rings (SSSR count). The highest BCUT2D eigenvalue weighted by Gasteiger charge is 2.66. The number of fused-ring (bicyclic) bond motifs is 3. The van der Waals surface area contributed by atoms with Gasteiger partial charge in [-0.1, -0.05) is 17.7 Å². The molecule has 0 bridgehead atoms. The van der Waals surface area contributed by atoms with Gasteiger partial charge in [-0.3, -0.25) is 29.0 Å². The number of Topliss-reactive ketones (excluding diaryl/α,β-unsaturated/α-hetero) is 4. The van der Waals surface area contributed by atoms with Gasteiger partial charge in [0.05, 0.1) is 16.5 Å². The molecular weight excluding hydrogens is 464 g/mol. The van der Waals surface area contributed by atoms with Crippen LogP contribution in [0.1, 0.15) is 28.8 Å². The summed E-state index contributed by atoms with van der Waals surface area (Å²) in [5, 5.41) is 22.1. The minimum Gasteiger partial charge on any atom is -0.507 e. The topological polar surface area (TPSA) is 165 Å². The molecule has 2 unspecified atom stereocenters. The third-order valence-electron chi connectivity index (χ3n) is 7.35. The second kappa shape index (κ2) is 7.54. The molecule has 0 spiro atoms. The second-order valence-corrected chi connectivity index (χ2v) is 9.49. The van der Waals surface area contributed by atoms with E-state index in [2.05, 4.69) is 4.98 Å². The maximum atomic E-state index is 13.5. The van der Waals surface area contributed by atoms with Gasteiger partial charge in [0.2, 0.25) is 5.91 Å². The number of ketones is 4. The maximum absolute atomic E-state index is 13.5. The molecule has 174 valence electrons. The molecule has 2 saturated carbocycles. The highest BCUT2D eigenvalue weighted by molar-refractivity contribution is 6.33. The minimum atomic E-state index is -2.66. The Morgan fingerprint density at radius 1 is 1.09 bits per heavy atom. The number of benzene rings is 1. The van der Waals surface area contributed by atoms with Crippen LogP contribution in [0.4, 0.5) is 0 Å². The lowest BCUT2D eigenvalue weighted by molar-refractivity contribution is -0.175. The fraction of sp³-hybridized carbons (Fsp3) is 0.333. The molecule has 3 aliphatic carbocycles. The Morgan fingerprint density at radius 2 is 1.82 bits per heavy atom. The van der Waals surface area contributed by atoms with E-state index in [4.69, 9.17) is 17.3 Å². The highest BCUT2D eigenvalue weighted by Crippen LogP contribution is 2.51. The summed E-state index contributed by atoms with van der Waals surface area (Å²) in [6.45, 7) is 0. The van der Waals surface area contributed by atoms with Crippen molar-refractivity contribution in [1.82, 2.24) is 4.98 Å². The molecule has 0 saturated heterocycles. The van der Waals surface area contributed by atoms with Gasteiger partial charge in [-0.05, 0) is 42.0 Å². The molecule has 1 aromatic heterocycles. The van der Waals surface area contributed by atoms with Gasteiger partial charge >= 0.3 is 0 Å². The first kappa shape index (κ1) is 22.4. The number of primary amides is 1. The zero-order chi connectivity index (χ0) is 24.5. The number of rotatable bonds is 2. The smallest absolute Gasteiger partial charge is 0.235 e. The Kier molecular flexibility index (Phi) is 4.96. The molecule has 2 aromatic rings. The molecule has 2 fully saturated rings. The Balaban J connectivity index is 1.63. The van der Waals surface area contributed by atoms with Crippen LogP contribution in [0.5, 0.6) is 5.75 Å². The lowest BCUT2D eigenvalue weighted by Crippen LogP contribution is -2.68. The Labute approximate surface area is 197 Å². The monoisotopic (exact) mass is 482 g/mol. The summed E-state index contributed by atoms with van der Waals surface area (Å²) in [6, 6.07) is 4.61. The number of hydrogen-bond acceptors (Lipinski definition) is 8. The number of aromatic nitrogens is 1. The van der Waals surface area contributed by atoms with Crippen LogP contribution >= 0.6 is 11.6 Å². The van der Waals surface area contributed by atoms with E-state index in [1.165, 1.54) is 18.5 Å². The fourth-order valence-corrected chi connectivity index (χ4v) is 6.03. The van der Waals surface area contributed by atoms with Crippen LogP contribution in [0, 0.1) is 23.7 Å². The van der Waals surface area contributed by atoms with Crippen molar-refractivity contribution >= 4 is 40.6 Å². The maximum Gasteiger partial charge on any atom is 0.235 e. The van der Waals surface area contributed by atoms with E-state index in [-0.39, 0.29) is 30.6 Å². The first-order valence-electron chi connectivity index (χ1n) is 10.7. The first-order valence-corrected chi connectivity index (χ1v) is 11.1. The van der Waals surface area contributed by atoms with Crippen molar-refractivity contribution in [2.45, 2.75) is 24.9 Å². The molecule has 0 aliphatic heterocycles. The number of pyridine rings is 1. The summed E-state index contributed by atoms with van der Waals surface area (Å²) in [6.07, 6.45) is 2.80. The number of nitrogens with zero attached hydrogens (tertiary/aromatic N) is 1. The molecular formula is C24H19ClN2O7. The van der Waals surface area contributed by atoms with Gasteiger partial charge in [0.1, 0.15) is 5.75 Å². The molecule has 3 aliphatic rings. The SMILES string of the molecule is NC(=O)C1C(=O)C[C@@H]2C[C@@H]3Cc4c(-c5ccncc5Cl)ccc(O)c4C(=O)C3C(=O)[C@]2(O)C1=O. The zero-order valence-electron chi connectivity index (χ0n) is 17.7. The van der Waals surface area contributed by atoms with E-state index < -0.39 is 58.3 Å². The van der Waals surface area contributed by atoms with Crippen LogP contribution in [0.2, 0.25) is 5.02 Å². The molecule has 9 nitrogen and oxygen atoms in total. The van der Waals surface area contributed by atoms with Gasteiger partial charge in [0, 0.05) is 30.3 Å². The molecule has 1 aromatic carbocycles. The van der Waals surface area contributed by atoms with E-state index in [0.29, 0.717) is 21.7 Å². The third-order valence-corrected chi connectivity index (χ3v) is 7.65. The van der Waals surface area contributed by atoms with Crippen LogP contribution in [0.15, 0.2) is 30.6 Å². The van der Waals surface area contributed by atoms with Crippen LogP contribution in [0.3, 0.4) is 0 Å². The number of carbonyl (C=O) groups is 5. The number of halogens is 1. The summed E-state index contributed by atoms with van der Waals surface area (Å²) in [5.74, 6) is -10.4. The van der Waals surface area contributed by atoms with Crippen molar-refractivity contribution in [3.05, 3.63) is 46.7 Å². The number of aromatic hydroxyl groups is 1. The van der Waals surface area contributed by atoms with Gasteiger partial charge in [-0.15, -0.1) is 0 Å². The molecule has 10 heteroatoms. The standard InChI is InChI=1S/C24H19ClN2O7/c25-14-8-27-4-3-12(14)11-1-2-15(28)18-13(11)6-9-5-10-7-16(29)19(23(26)33)22(32)24(10,34)21(31)17(9)20(18)30/h1-4,8-10,17,19,28,34H,5-7H2,(H2,26,33)/t9-,10+,17?,19?,24+/m1/s1. The number of phenols is 1. The van der Waals surface area contributed by atoms with E-state index in [0.717, 1.165) is 0 Å². The van der Waals surface area contributed by atoms with E-state index in [1.807, 2.05) is 0 Å². The number of amides is 1. The quantitative estimate of drug-likeness (QED) is 0.534. The average molecular weight is 483 g/mol. The predicted molar refractivity (Wildman–Crippen MR) is 117 cm³/mol. The molecule has 5 atom stereocenters. The summed E-state index contributed by atoms with van der Waals surface area (Å²) >= 11 is 6.31. The van der Waals surface area contributed by atoms with Crippen molar-refractivity contribution in [3.63, 3.8) is 0 Å². The van der Waals surface area contributed by atoms with Crippen molar-refractivity contribution in [2.75, 3.05) is 0 Å². The normalized spacial score (nSPS) is 30.4. The van der Waals surface area contributed by atoms with Crippen molar-refractivity contribution in [1.29, 1.82) is 0 Å². The van der Waals surface area contributed by atoms with Crippen LogP contribution in [-0.4, -0.2) is 49.8 Å². The number of phenolic OH excluding ortho intramolecular Hbond substituents is 1.